The second-order valence-electron chi connectivity index (χ2n) is 18.9. The van der Waals surface area contributed by atoms with Gasteiger partial charge >= 0.3 is 11.9 Å². The third-order valence-electron chi connectivity index (χ3n) is 12.4. The molecule has 0 saturated carbocycles. The van der Waals surface area contributed by atoms with E-state index in [1.165, 1.54) is 14.1 Å². The van der Waals surface area contributed by atoms with Crippen molar-refractivity contribution in [1.82, 2.24) is 69.1 Å². The highest BCUT2D eigenvalue weighted by molar-refractivity contribution is 5.99. The second-order valence-corrected chi connectivity index (χ2v) is 18.9. The van der Waals surface area contributed by atoms with Crippen molar-refractivity contribution in [3.63, 3.8) is 0 Å². The van der Waals surface area contributed by atoms with Gasteiger partial charge in [0.15, 0.2) is 17.9 Å². The lowest BCUT2D eigenvalue weighted by Crippen LogP contribution is -2.61. The molecule has 34 heteroatoms. The Bertz CT molecular complexity index is 2140. The lowest BCUT2D eigenvalue weighted by atomic mass is 9.97. The minimum Gasteiger partial charge on any atom is -0.481 e. The van der Waals surface area contributed by atoms with Crippen molar-refractivity contribution in [2.75, 3.05) is 46.9 Å². The highest BCUT2D eigenvalue weighted by Crippen LogP contribution is 2.11. The number of nitrogens with two attached hydrogens (primary N) is 4. The molecule has 10 atom stereocenters. The van der Waals surface area contributed by atoms with Gasteiger partial charge < -0.3 is 107 Å². The summed E-state index contributed by atoms with van der Waals surface area (Å²) in [5, 5.41) is 84.0. The number of unbranched alkanes of at least 4 members (excludes halogenated alkanes) is 1. The van der Waals surface area contributed by atoms with Gasteiger partial charge in [0, 0.05) is 33.1 Å². The van der Waals surface area contributed by atoms with Gasteiger partial charge in [-0.25, -0.2) is 0 Å². The number of guanidine groups is 3. The van der Waals surface area contributed by atoms with E-state index in [2.05, 4.69) is 69.1 Å². The van der Waals surface area contributed by atoms with E-state index in [1.807, 2.05) is 0 Å². The predicted octanol–water partition coefficient (Wildman–Crippen LogP) is -7.48. The molecular formula is C47H88N20O14. The van der Waals surface area contributed by atoms with Crippen LogP contribution >= 0.6 is 0 Å². The van der Waals surface area contributed by atoms with E-state index in [-0.39, 0.29) is 77.1 Å². The topological polar surface area (TPSA) is 580 Å². The number of aliphatic hydroxyl groups excluding tert-OH is 1. The number of amides is 9. The van der Waals surface area contributed by atoms with Crippen molar-refractivity contribution in [3.8, 4) is 0 Å². The SMILES string of the molecule is CC[C@H](C)[C@H](NC(=O)[C@H](CC(=O)O)NC(=O)[C@H](C)NC(=O)[C@H](CO)NC(=O)[C@H](CCCNC(=N)N)NC(=O)[C@H](CCCNC(=N)N)NC(=O)[C@H](CCCCN)NC(=O)[C@H](CCC(=O)O)NC(=O)[C@H](CCCNC(=N)N)NC)C(=O)NC. The van der Waals surface area contributed by atoms with Crippen LogP contribution in [0.5, 0.6) is 0 Å². The molecule has 0 aliphatic rings. The number of carboxylic acid groups (broad SMARTS) is 2. The van der Waals surface area contributed by atoms with Crippen LogP contribution in [0.3, 0.4) is 0 Å². The second kappa shape index (κ2) is 40.1. The van der Waals surface area contributed by atoms with Gasteiger partial charge in [-0.15, -0.1) is 0 Å². The Morgan fingerprint density at radius 3 is 1.20 bits per heavy atom. The van der Waals surface area contributed by atoms with Gasteiger partial charge in [0.2, 0.25) is 53.2 Å². The first kappa shape index (κ1) is 72.9. The molecule has 0 aromatic carbocycles. The van der Waals surface area contributed by atoms with Crippen LogP contribution in [-0.4, -0.2) is 200 Å². The Kier molecular flexibility index (Phi) is 36.1. The van der Waals surface area contributed by atoms with E-state index in [0.717, 1.165) is 6.92 Å². The molecule has 27 N–H and O–H groups in total. The molecule has 0 spiro atoms. The molecule has 0 aliphatic heterocycles. The zero-order valence-electron chi connectivity index (χ0n) is 46.6. The Hall–Kier alpha value is -8.14. The normalized spacial score (nSPS) is 14.5. The Morgan fingerprint density at radius 1 is 0.457 bits per heavy atom. The summed E-state index contributed by atoms with van der Waals surface area (Å²) in [4.78, 5) is 146. The van der Waals surface area contributed by atoms with Gasteiger partial charge in [-0.1, -0.05) is 20.3 Å². The Balaban J connectivity index is 6.78. The molecule has 0 unspecified atom stereocenters. The van der Waals surface area contributed by atoms with Crippen LogP contribution in [0.4, 0.5) is 0 Å². The van der Waals surface area contributed by atoms with Crippen LogP contribution < -0.4 is 92.1 Å². The first-order valence-corrected chi connectivity index (χ1v) is 26.5. The smallest absolute Gasteiger partial charge is 0.305 e. The van der Waals surface area contributed by atoms with Crippen molar-refractivity contribution in [2.45, 2.75) is 159 Å². The molecule has 0 radical (unpaired) electrons. The largest absolute Gasteiger partial charge is 0.481 e. The first-order chi connectivity index (χ1) is 38.1. The fourth-order valence-electron chi connectivity index (χ4n) is 7.56. The summed E-state index contributed by atoms with van der Waals surface area (Å²) in [6, 6.07) is -13.0. The number of likely N-dealkylation sites (N-methyl/N-ethyl adjacent to an activating group) is 2. The van der Waals surface area contributed by atoms with Gasteiger partial charge in [-0.2, -0.15) is 0 Å². The lowest BCUT2D eigenvalue weighted by Gasteiger charge is -2.28. The Morgan fingerprint density at radius 2 is 0.827 bits per heavy atom. The van der Waals surface area contributed by atoms with Crippen molar-refractivity contribution >= 4 is 83.0 Å². The maximum Gasteiger partial charge on any atom is 0.305 e. The number of rotatable bonds is 42. The maximum absolute atomic E-state index is 14.3. The number of carboxylic acids is 2. The maximum atomic E-state index is 14.3. The third kappa shape index (κ3) is 30.7. The summed E-state index contributed by atoms with van der Waals surface area (Å²) in [5.41, 5.74) is 21.9. The quantitative estimate of drug-likeness (QED) is 0.0153. The zero-order valence-corrected chi connectivity index (χ0v) is 46.6. The van der Waals surface area contributed by atoms with Crippen LogP contribution in [0.2, 0.25) is 0 Å². The zero-order chi connectivity index (χ0) is 61.8. The molecule has 0 heterocycles. The molecule has 0 aromatic heterocycles. The molecule has 34 nitrogen and oxygen atoms in total. The van der Waals surface area contributed by atoms with Gasteiger partial charge in [0.1, 0.15) is 48.3 Å². The minimum atomic E-state index is -1.81. The van der Waals surface area contributed by atoms with Gasteiger partial charge in [0.05, 0.1) is 19.1 Å². The Labute approximate surface area is 469 Å². The molecule has 0 fully saturated rings. The number of nitrogens with one attached hydrogen (secondary N) is 16. The van der Waals surface area contributed by atoms with E-state index in [4.69, 9.17) is 39.2 Å². The minimum absolute atomic E-state index is 0.000304. The molecule has 460 valence electrons. The highest BCUT2D eigenvalue weighted by atomic mass is 16.4. The summed E-state index contributed by atoms with van der Waals surface area (Å²) in [5.74, 6) is -12.7. The van der Waals surface area contributed by atoms with E-state index in [9.17, 15) is 68.1 Å². The summed E-state index contributed by atoms with van der Waals surface area (Å²) in [6.45, 7) is 3.97. The van der Waals surface area contributed by atoms with Crippen LogP contribution in [0.1, 0.15) is 104 Å². The fraction of sp³-hybridized carbons (Fsp3) is 0.702. The van der Waals surface area contributed by atoms with Crippen LogP contribution in [0, 0.1) is 22.1 Å². The highest BCUT2D eigenvalue weighted by Gasteiger charge is 2.35. The van der Waals surface area contributed by atoms with Crippen LogP contribution in [0.15, 0.2) is 0 Å². The molecule has 0 bridgehead atoms. The average molecular weight is 1160 g/mol. The van der Waals surface area contributed by atoms with Crippen molar-refractivity contribution in [2.24, 2.45) is 28.9 Å². The van der Waals surface area contributed by atoms with Gasteiger partial charge in [-0.05, 0) is 90.6 Å². The van der Waals surface area contributed by atoms with Crippen molar-refractivity contribution < 1.29 is 68.1 Å². The first-order valence-electron chi connectivity index (χ1n) is 26.5. The summed E-state index contributed by atoms with van der Waals surface area (Å²) < 4.78 is 0. The number of hydrogen-bond donors (Lipinski definition) is 23. The van der Waals surface area contributed by atoms with Crippen LogP contribution in [-0.2, 0) is 52.7 Å². The number of carbonyl (C=O) groups excluding carboxylic acids is 9. The molecule has 81 heavy (non-hydrogen) atoms. The molecule has 0 saturated heterocycles. The van der Waals surface area contributed by atoms with Crippen LogP contribution in [0.25, 0.3) is 0 Å². The monoisotopic (exact) mass is 1160 g/mol. The van der Waals surface area contributed by atoms with E-state index < -0.39 is 163 Å². The van der Waals surface area contributed by atoms with Crippen molar-refractivity contribution in [1.29, 1.82) is 16.2 Å². The summed E-state index contributed by atoms with van der Waals surface area (Å²) >= 11 is 0. The lowest BCUT2D eigenvalue weighted by molar-refractivity contribution is -0.141. The number of carbonyl (C=O) groups is 11. The van der Waals surface area contributed by atoms with Gasteiger partial charge in [-0.3, -0.25) is 69.0 Å². The molecule has 0 rings (SSSR count). The molecule has 9 amide bonds. The number of aliphatic hydroxyl groups is 1. The van der Waals surface area contributed by atoms with Gasteiger partial charge in [0.25, 0.3) is 0 Å². The number of aliphatic carboxylic acids is 2. The average Bonchev–Trinajstić information content (AvgIpc) is 3.41. The molecule has 0 aromatic rings. The third-order valence-corrected chi connectivity index (χ3v) is 12.4. The standard InChI is InChI=1S/C47H88N20O14/c1-6-24(2)35(44(81)56-5)67-42(79)31(22-34(71)72)65-36(73)25(3)60-43(80)32(23-68)66-40(77)29(15-11-21-59-47(53)54)63-39(76)28(14-10-20-58-46(51)52)62-38(75)27(12-7-8-18-48)61-41(78)30(16-17-33(69)70)64-37(74)26(55-4)13-9-19-57-45(49)50/h24-32,35,55,68H,6-23,48H2,1-5H3,(H,56,81)(H,60,80)(H,61,78)(H,62,75)(H,63,76)(H,64,74)(H,65,73)(H,66,77)(H,67,79)(H,69,70)(H,71,72)(H4,49,50,57)(H4,51,52,58)(H4,53,54,59)/t24-,25-,26-,27-,28-,29-,30-,31-,32-,35-/m0/s1. The number of hydrogen-bond acceptors (Lipinski definition) is 17. The van der Waals surface area contributed by atoms with E-state index >= 15 is 0 Å². The predicted molar refractivity (Wildman–Crippen MR) is 294 cm³/mol. The van der Waals surface area contributed by atoms with E-state index in [0.29, 0.717) is 19.3 Å². The molecular weight excluding hydrogens is 1070 g/mol. The fourth-order valence-corrected chi connectivity index (χ4v) is 7.56. The van der Waals surface area contributed by atoms with E-state index in [1.54, 1.807) is 13.8 Å². The molecule has 0 aliphatic carbocycles. The van der Waals surface area contributed by atoms with Crippen molar-refractivity contribution in [3.05, 3.63) is 0 Å². The summed E-state index contributed by atoms with van der Waals surface area (Å²) in [6.07, 6.45) is -0.579. The summed E-state index contributed by atoms with van der Waals surface area (Å²) in [7, 11) is 2.83.